The average Bonchev–Trinajstić information content (AvgIpc) is 3.06. The minimum absolute atomic E-state index is 0.0134. The lowest BCUT2D eigenvalue weighted by molar-refractivity contribution is -0.129. The van der Waals surface area contributed by atoms with Gasteiger partial charge in [-0.2, -0.15) is 0 Å². The molecule has 1 unspecified atom stereocenters. The smallest absolute Gasteiger partial charge is 0.321 e. The van der Waals surface area contributed by atoms with Crippen molar-refractivity contribution in [3.63, 3.8) is 0 Å². The van der Waals surface area contributed by atoms with E-state index in [1.165, 1.54) is 11.3 Å². The van der Waals surface area contributed by atoms with Crippen LogP contribution in [0.25, 0.3) is 0 Å². The summed E-state index contributed by atoms with van der Waals surface area (Å²) in [6.07, 6.45) is 2.18. The number of aromatic nitrogens is 1. The van der Waals surface area contributed by atoms with Crippen LogP contribution in [0, 0.1) is 5.41 Å². The molecular weight excluding hydrogens is 312 g/mol. The molecule has 0 aromatic carbocycles. The van der Waals surface area contributed by atoms with Crippen molar-refractivity contribution >= 4 is 28.4 Å². The number of anilines is 1. The highest BCUT2D eigenvalue weighted by Gasteiger charge is 2.26. The van der Waals surface area contributed by atoms with Gasteiger partial charge in [-0.15, -0.1) is 11.3 Å². The van der Waals surface area contributed by atoms with Gasteiger partial charge in [0.05, 0.1) is 5.69 Å². The molecule has 7 heteroatoms. The Morgan fingerprint density at radius 2 is 2.17 bits per heavy atom. The van der Waals surface area contributed by atoms with Gasteiger partial charge in [-0.05, 0) is 18.3 Å². The van der Waals surface area contributed by atoms with Crippen molar-refractivity contribution in [1.29, 1.82) is 0 Å². The quantitative estimate of drug-likeness (QED) is 0.886. The van der Waals surface area contributed by atoms with Gasteiger partial charge in [-0.25, -0.2) is 9.78 Å². The van der Waals surface area contributed by atoms with Crippen molar-refractivity contribution in [3.05, 3.63) is 11.1 Å². The zero-order valence-electron chi connectivity index (χ0n) is 14.3. The summed E-state index contributed by atoms with van der Waals surface area (Å²) in [6, 6.07) is -0.239. The number of hydrogen-bond donors (Lipinski definition) is 2. The van der Waals surface area contributed by atoms with Crippen molar-refractivity contribution in [2.45, 2.75) is 53.0 Å². The molecule has 0 radical (unpaired) electrons. The van der Waals surface area contributed by atoms with Gasteiger partial charge in [-0.1, -0.05) is 27.7 Å². The first-order chi connectivity index (χ1) is 10.8. The number of carbonyl (C=O) groups is 2. The van der Waals surface area contributed by atoms with E-state index >= 15 is 0 Å². The number of urea groups is 1. The topological polar surface area (TPSA) is 74.3 Å². The normalized spacial score (nSPS) is 18.1. The molecule has 23 heavy (non-hydrogen) atoms. The van der Waals surface area contributed by atoms with Gasteiger partial charge in [0.25, 0.3) is 0 Å². The first-order valence-corrected chi connectivity index (χ1v) is 8.94. The summed E-state index contributed by atoms with van der Waals surface area (Å²) in [5.41, 5.74) is 1.17. The number of hydrogen-bond acceptors (Lipinski definition) is 4. The fourth-order valence-corrected chi connectivity index (χ4v) is 3.34. The second-order valence-corrected chi connectivity index (χ2v) is 8.02. The first-order valence-electron chi connectivity index (χ1n) is 8.06. The molecule has 2 rings (SSSR count). The van der Waals surface area contributed by atoms with Gasteiger partial charge in [0.15, 0.2) is 5.13 Å². The van der Waals surface area contributed by atoms with Crippen LogP contribution in [0.15, 0.2) is 5.38 Å². The standard InChI is InChI=1S/C16H26N4O2S/c1-5-13(21)20-7-6-11(9-20)17-14(22)19-15-18-12(10-23-15)8-16(2,3)4/h10-11H,5-9H2,1-4H3,(H2,17,18,19,22). The van der Waals surface area contributed by atoms with Crippen LogP contribution >= 0.6 is 11.3 Å². The predicted octanol–water partition coefficient (Wildman–Crippen LogP) is 2.86. The van der Waals surface area contributed by atoms with Gasteiger partial charge in [0.2, 0.25) is 5.91 Å². The molecule has 1 aliphatic heterocycles. The summed E-state index contributed by atoms with van der Waals surface area (Å²) in [5, 5.41) is 8.30. The maximum atomic E-state index is 12.0. The monoisotopic (exact) mass is 338 g/mol. The molecule has 2 heterocycles. The Morgan fingerprint density at radius 3 is 2.83 bits per heavy atom. The van der Waals surface area contributed by atoms with E-state index < -0.39 is 0 Å². The van der Waals surface area contributed by atoms with Crippen LogP contribution < -0.4 is 10.6 Å². The lowest BCUT2D eigenvalue weighted by atomic mass is 9.91. The van der Waals surface area contributed by atoms with Gasteiger partial charge in [0, 0.05) is 30.9 Å². The lowest BCUT2D eigenvalue weighted by Crippen LogP contribution is -2.40. The fraction of sp³-hybridized carbons (Fsp3) is 0.688. The number of amides is 3. The third-order valence-corrected chi connectivity index (χ3v) is 4.47. The molecule has 1 aromatic heterocycles. The highest BCUT2D eigenvalue weighted by atomic mass is 32.1. The summed E-state index contributed by atoms with van der Waals surface area (Å²) in [7, 11) is 0. The average molecular weight is 338 g/mol. The molecule has 1 saturated heterocycles. The van der Waals surface area contributed by atoms with Crippen molar-refractivity contribution in [1.82, 2.24) is 15.2 Å². The molecule has 3 amide bonds. The van der Waals surface area contributed by atoms with E-state index in [0.717, 1.165) is 18.5 Å². The molecule has 128 valence electrons. The lowest BCUT2D eigenvalue weighted by Gasteiger charge is -2.16. The van der Waals surface area contributed by atoms with Gasteiger partial charge in [0.1, 0.15) is 0 Å². The van der Waals surface area contributed by atoms with E-state index in [9.17, 15) is 9.59 Å². The van der Waals surface area contributed by atoms with Crippen molar-refractivity contribution in [2.24, 2.45) is 5.41 Å². The van der Waals surface area contributed by atoms with Crippen LogP contribution in [-0.4, -0.2) is 41.0 Å². The molecule has 0 saturated carbocycles. The summed E-state index contributed by atoms with van der Waals surface area (Å²) in [4.78, 5) is 29.9. The SMILES string of the molecule is CCC(=O)N1CCC(NC(=O)Nc2nc(CC(C)(C)C)cs2)C1. The molecule has 0 bridgehead atoms. The number of carbonyl (C=O) groups excluding carboxylic acids is 2. The Hall–Kier alpha value is -1.63. The second-order valence-electron chi connectivity index (χ2n) is 7.16. The molecule has 2 N–H and O–H groups in total. The fourth-order valence-electron chi connectivity index (χ4n) is 2.64. The Labute approximate surface area is 141 Å². The van der Waals surface area contributed by atoms with E-state index in [4.69, 9.17) is 0 Å². The summed E-state index contributed by atoms with van der Waals surface area (Å²) in [6.45, 7) is 9.64. The molecule has 1 aliphatic rings. The number of nitrogens with zero attached hydrogens (tertiary/aromatic N) is 2. The molecular formula is C16H26N4O2S. The van der Waals surface area contributed by atoms with E-state index in [0.29, 0.717) is 24.6 Å². The Bertz CT molecular complexity index is 565. The highest BCUT2D eigenvalue weighted by Crippen LogP contribution is 2.23. The zero-order chi connectivity index (χ0) is 17.0. The molecule has 1 aromatic rings. The Balaban J connectivity index is 1.80. The van der Waals surface area contributed by atoms with Crippen molar-refractivity contribution in [3.8, 4) is 0 Å². The Kier molecular flexibility index (Phi) is 5.62. The molecule has 0 aliphatic carbocycles. The van der Waals surface area contributed by atoms with E-state index in [2.05, 4.69) is 36.4 Å². The zero-order valence-corrected chi connectivity index (χ0v) is 15.1. The summed E-state index contributed by atoms with van der Waals surface area (Å²) in [5.74, 6) is 0.140. The van der Waals surface area contributed by atoms with Crippen LogP contribution in [0.2, 0.25) is 0 Å². The maximum absolute atomic E-state index is 12.0. The number of thiazole rings is 1. The third-order valence-electron chi connectivity index (χ3n) is 3.66. The first kappa shape index (κ1) is 17.7. The van der Waals surface area contributed by atoms with Crippen LogP contribution in [0.4, 0.5) is 9.93 Å². The summed E-state index contributed by atoms with van der Waals surface area (Å²) >= 11 is 1.44. The van der Waals surface area contributed by atoms with Crippen LogP contribution in [-0.2, 0) is 11.2 Å². The third kappa shape index (κ3) is 5.49. The van der Waals surface area contributed by atoms with Crippen LogP contribution in [0.3, 0.4) is 0 Å². The molecule has 6 nitrogen and oxygen atoms in total. The highest BCUT2D eigenvalue weighted by molar-refractivity contribution is 7.13. The largest absolute Gasteiger partial charge is 0.341 e. The van der Waals surface area contributed by atoms with E-state index in [1.807, 2.05) is 12.3 Å². The van der Waals surface area contributed by atoms with Gasteiger partial charge >= 0.3 is 6.03 Å². The second kappa shape index (κ2) is 7.29. The van der Waals surface area contributed by atoms with Gasteiger partial charge < -0.3 is 10.2 Å². The molecule has 1 atom stereocenters. The van der Waals surface area contributed by atoms with E-state index in [1.54, 1.807) is 4.90 Å². The van der Waals surface area contributed by atoms with Gasteiger partial charge in [-0.3, -0.25) is 10.1 Å². The van der Waals surface area contributed by atoms with Crippen molar-refractivity contribution < 1.29 is 9.59 Å². The number of nitrogens with one attached hydrogen (secondary N) is 2. The van der Waals surface area contributed by atoms with Crippen LogP contribution in [0.1, 0.15) is 46.2 Å². The Morgan fingerprint density at radius 1 is 1.43 bits per heavy atom. The minimum Gasteiger partial charge on any atom is -0.341 e. The number of likely N-dealkylation sites (tertiary alicyclic amines) is 1. The minimum atomic E-state index is -0.252. The number of rotatable bonds is 4. The molecule has 0 spiro atoms. The maximum Gasteiger partial charge on any atom is 0.321 e. The predicted molar refractivity (Wildman–Crippen MR) is 92.7 cm³/mol. The molecule has 1 fully saturated rings. The van der Waals surface area contributed by atoms with Crippen molar-refractivity contribution in [2.75, 3.05) is 18.4 Å². The summed E-state index contributed by atoms with van der Waals surface area (Å²) < 4.78 is 0. The van der Waals surface area contributed by atoms with Crippen LogP contribution in [0.5, 0.6) is 0 Å². The van der Waals surface area contributed by atoms with E-state index in [-0.39, 0.29) is 23.4 Å².